The molecule has 3 rings (SSSR count). The van der Waals surface area contributed by atoms with E-state index in [4.69, 9.17) is 17.2 Å². The molecule has 9 nitrogen and oxygen atoms in total. The third-order valence-electron chi connectivity index (χ3n) is 6.16. The van der Waals surface area contributed by atoms with Gasteiger partial charge in [0.1, 0.15) is 0 Å². The van der Waals surface area contributed by atoms with Crippen LogP contribution < -0.4 is 17.2 Å². The molecule has 1 aromatic carbocycles. The Morgan fingerprint density at radius 1 is 1.12 bits per heavy atom. The van der Waals surface area contributed by atoms with Crippen LogP contribution in [-0.2, 0) is 16.0 Å². The van der Waals surface area contributed by atoms with Crippen LogP contribution in [-0.4, -0.2) is 70.8 Å². The summed E-state index contributed by atoms with van der Waals surface area (Å²) in [5, 5.41) is 1.21. The second-order valence-corrected chi connectivity index (χ2v) is 8.46. The molecule has 1 aliphatic rings. The van der Waals surface area contributed by atoms with Crippen LogP contribution in [0.3, 0.4) is 0 Å². The van der Waals surface area contributed by atoms with E-state index < -0.39 is 0 Å². The van der Waals surface area contributed by atoms with Crippen molar-refractivity contribution >= 4 is 28.7 Å². The van der Waals surface area contributed by atoms with Crippen molar-refractivity contribution < 1.29 is 9.59 Å². The number of hydrogen-bond acceptors (Lipinski definition) is 4. The number of nitrogens with two attached hydrogens (primary N) is 3. The molecule has 0 bridgehead atoms. The molecule has 1 saturated heterocycles. The van der Waals surface area contributed by atoms with E-state index in [2.05, 4.69) is 22.1 Å². The molecule has 32 heavy (non-hydrogen) atoms. The molecule has 0 aliphatic carbocycles. The standard InChI is InChI=1S/C23H35N7O2/c1-16-14-30(22(32)12-24)18(7-5-11-27-23(25)26)15-29(16)21(31)10-4-6-17-13-28-20-9-3-2-8-19(17)20/h2-3,8-9,13,16,18,28H,4-7,10-12,14-15,24H2,1H3,(H4,25,26,27)/t16-,18+/m1/s1. The number of rotatable bonds is 9. The molecule has 7 N–H and O–H groups in total. The molecule has 0 radical (unpaired) electrons. The zero-order valence-electron chi connectivity index (χ0n) is 18.8. The Hall–Kier alpha value is -3.07. The smallest absolute Gasteiger partial charge is 0.236 e. The maximum absolute atomic E-state index is 13.0. The molecule has 0 unspecified atom stereocenters. The maximum atomic E-state index is 13.0. The van der Waals surface area contributed by atoms with Gasteiger partial charge in [-0.1, -0.05) is 18.2 Å². The third kappa shape index (κ3) is 5.79. The van der Waals surface area contributed by atoms with Gasteiger partial charge >= 0.3 is 0 Å². The van der Waals surface area contributed by atoms with Gasteiger partial charge in [-0.2, -0.15) is 0 Å². The number of nitrogens with zero attached hydrogens (tertiary/aromatic N) is 3. The number of aryl methyl sites for hydroxylation is 1. The zero-order valence-corrected chi connectivity index (χ0v) is 18.8. The Kier molecular flexibility index (Phi) is 8.10. The quantitative estimate of drug-likeness (QED) is 0.260. The number of nitrogens with one attached hydrogen (secondary N) is 1. The summed E-state index contributed by atoms with van der Waals surface area (Å²) < 4.78 is 0. The predicted octanol–water partition coefficient (Wildman–Crippen LogP) is 0.931. The number of H-pyrrole nitrogens is 1. The van der Waals surface area contributed by atoms with E-state index in [0.29, 0.717) is 32.5 Å². The highest BCUT2D eigenvalue weighted by Gasteiger charge is 2.35. The SMILES string of the molecule is C[C@@H]1CN(C(=O)CN)[C@@H](CCCN=C(N)N)CN1C(=O)CCCc1c[nH]c2ccccc12. The number of amides is 2. The summed E-state index contributed by atoms with van der Waals surface area (Å²) in [4.78, 5) is 36.5. The van der Waals surface area contributed by atoms with Crippen molar-refractivity contribution in [2.45, 2.75) is 51.1 Å². The minimum Gasteiger partial charge on any atom is -0.370 e. The summed E-state index contributed by atoms with van der Waals surface area (Å²) in [5.41, 5.74) is 18.8. The number of hydrogen-bond donors (Lipinski definition) is 4. The first kappa shape index (κ1) is 23.6. The van der Waals surface area contributed by atoms with Crippen LogP contribution in [0.25, 0.3) is 10.9 Å². The number of carbonyl (C=O) groups excluding carboxylic acids is 2. The van der Waals surface area contributed by atoms with Crippen molar-refractivity contribution in [3.63, 3.8) is 0 Å². The largest absolute Gasteiger partial charge is 0.370 e. The van der Waals surface area contributed by atoms with Gasteiger partial charge in [-0.25, -0.2) is 0 Å². The fourth-order valence-electron chi connectivity index (χ4n) is 4.50. The van der Waals surface area contributed by atoms with Crippen molar-refractivity contribution in [1.29, 1.82) is 0 Å². The number of aromatic nitrogens is 1. The van der Waals surface area contributed by atoms with E-state index in [1.807, 2.05) is 35.1 Å². The average Bonchev–Trinajstić information content (AvgIpc) is 3.19. The molecular weight excluding hydrogens is 406 g/mol. The molecule has 2 atom stereocenters. The number of carbonyl (C=O) groups is 2. The predicted molar refractivity (Wildman–Crippen MR) is 127 cm³/mol. The highest BCUT2D eigenvalue weighted by Crippen LogP contribution is 2.22. The van der Waals surface area contributed by atoms with Crippen molar-refractivity contribution in [3.8, 4) is 0 Å². The van der Waals surface area contributed by atoms with Gasteiger partial charge in [0, 0.05) is 55.2 Å². The van der Waals surface area contributed by atoms with Crippen molar-refractivity contribution in [2.24, 2.45) is 22.2 Å². The van der Waals surface area contributed by atoms with Crippen molar-refractivity contribution in [2.75, 3.05) is 26.2 Å². The molecule has 1 fully saturated rings. The van der Waals surface area contributed by atoms with E-state index in [1.165, 1.54) is 10.9 Å². The van der Waals surface area contributed by atoms with Crippen molar-refractivity contribution in [3.05, 3.63) is 36.0 Å². The summed E-state index contributed by atoms with van der Waals surface area (Å²) in [7, 11) is 0. The lowest BCUT2D eigenvalue weighted by Gasteiger charge is -2.45. The minimum atomic E-state index is -0.0878. The Bertz CT molecular complexity index is 951. The molecule has 2 aromatic rings. The molecule has 0 saturated carbocycles. The number of piperazine rings is 1. The highest BCUT2D eigenvalue weighted by atomic mass is 16.2. The van der Waals surface area contributed by atoms with E-state index >= 15 is 0 Å². The lowest BCUT2D eigenvalue weighted by atomic mass is 10.0. The number of fused-ring (bicyclic) bond motifs is 1. The topological polar surface area (TPSA) is 147 Å². The van der Waals surface area contributed by atoms with Crippen LogP contribution in [0.4, 0.5) is 0 Å². The number of para-hydroxylation sites is 1. The second kappa shape index (κ2) is 11.0. The van der Waals surface area contributed by atoms with Crippen LogP contribution in [0.15, 0.2) is 35.5 Å². The first-order chi connectivity index (χ1) is 15.4. The third-order valence-corrected chi connectivity index (χ3v) is 6.16. The van der Waals surface area contributed by atoms with Crippen LogP contribution in [0, 0.1) is 0 Å². The highest BCUT2D eigenvalue weighted by molar-refractivity contribution is 5.83. The van der Waals surface area contributed by atoms with Gasteiger partial charge in [0.2, 0.25) is 11.8 Å². The van der Waals surface area contributed by atoms with E-state index in [-0.39, 0.29) is 36.4 Å². The zero-order chi connectivity index (χ0) is 23.1. The Morgan fingerprint density at radius 3 is 2.66 bits per heavy atom. The number of benzene rings is 1. The van der Waals surface area contributed by atoms with Crippen LogP contribution in [0.1, 0.15) is 38.2 Å². The number of aliphatic imine (C=N–C) groups is 1. The van der Waals surface area contributed by atoms with Gasteiger partial charge in [-0.3, -0.25) is 14.6 Å². The Labute approximate surface area is 189 Å². The summed E-state index contributed by atoms with van der Waals surface area (Å²) in [6, 6.07) is 8.08. The number of aromatic amines is 1. The Balaban J connectivity index is 1.57. The molecule has 174 valence electrons. The fraction of sp³-hybridized carbons (Fsp3) is 0.522. The van der Waals surface area contributed by atoms with Crippen molar-refractivity contribution in [1.82, 2.24) is 14.8 Å². The molecular formula is C23H35N7O2. The second-order valence-electron chi connectivity index (χ2n) is 8.46. The monoisotopic (exact) mass is 441 g/mol. The summed E-state index contributed by atoms with van der Waals surface area (Å²) >= 11 is 0. The van der Waals surface area contributed by atoms with Gasteiger partial charge < -0.3 is 32.0 Å². The van der Waals surface area contributed by atoms with Crippen LogP contribution >= 0.6 is 0 Å². The average molecular weight is 442 g/mol. The fourth-order valence-corrected chi connectivity index (χ4v) is 4.50. The lowest BCUT2D eigenvalue weighted by Crippen LogP contribution is -2.61. The van der Waals surface area contributed by atoms with Crippen LogP contribution in [0.2, 0.25) is 0 Å². The molecule has 2 amide bonds. The van der Waals surface area contributed by atoms with Gasteiger partial charge in [0.15, 0.2) is 5.96 Å². The van der Waals surface area contributed by atoms with Gasteiger partial charge in [0.05, 0.1) is 6.54 Å². The first-order valence-electron chi connectivity index (χ1n) is 11.3. The first-order valence-corrected chi connectivity index (χ1v) is 11.3. The lowest BCUT2D eigenvalue weighted by molar-refractivity contribution is -0.145. The summed E-state index contributed by atoms with van der Waals surface area (Å²) in [6.45, 7) is 3.47. The van der Waals surface area contributed by atoms with Gasteiger partial charge in [-0.05, 0) is 44.2 Å². The normalized spacial score (nSPS) is 18.7. The molecule has 2 heterocycles. The molecule has 1 aliphatic heterocycles. The Morgan fingerprint density at radius 2 is 1.91 bits per heavy atom. The van der Waals surface area contributed by atoms with E-state index in [0.717, 1.165) is 24.8 Å². The van der Waals surface area contributed by atoms with Gasteiger partial charge in [-0.15, -0.1) is 0 Å². The molecule has 0 spiro atoms. The van der Waals surface area contributed by atoms with E-state index in [9.17, 15) is 9.59 Å². The number of guanidine groups is 1. The minimum absolute atomic E-state index is 0.0321. The molecule has 1 aromatic heterocycles. The van der Waals surface area contributed by atoms with E-state index in [1.54, 1.807) is 0 Å². The molecule has 9 heteroatoms. The van der Waals surface area contributed by atoms with Crippen LogP contribution in [0.5, 0.6) is 0 Å². The summed E-state index contributed by atoms with van der Waals surface area (Å²) in [6.07, 6.45) is 5.58. The summed E-state index contributed by atoms with van der Waals surface area (Å²) in [5.74, 6) is 0.102. The maximum Gasteiger partial charge on any atom is 0.236 e. The van der Waals surface area contributed by atoms with Gasteiger partial charge in [0.25, 0.3) is 0 Å².